The third-order valence-corrected chi connectivity index (χ3v) is 3.53. The third-order valence-electron chi connectivity index (χ3n) is 2.64. The van der Waals surface area contributed by atoms with Gasteiger partial charge < -0.3 is 11.1 Å². The van der Waals surface area contributed by atoms with E-state index in [0.717, 1.165) is 11.1 Å². The summed E-state index contributed by atoms with van der Waals surface area (Å²) in [4.78, 5) is 11.5. The van der Waals surface area contributed by atoms with E-state index in [-0.39, 0.29) is 10.8 Å². The Morgan fingerprint density at radius 3 is 2.33 bits per heavy atom. The molecule has 0 heterocycles. The van der Waals surface area contributed by atoms with Crippen LogP contribution in [0.5, 0.6) is 0 Å². The van der Waals surface area contributed by atoms with Crippen molar-refractivity contribution in [1.29, 1.82) is 0 Å². The van der Waals surface area contributed by atoms with Crippen molar-refractivity contribution in [3.63, 3.8) is 0 Å². The van der Waals surface area contributed by atoms with Gasteiger partial charge in [0.1, 0.15) is 0 Å². The van der Waals surface area contributed by atoms with Gasteiger partial charge in [-0.1, -0.05) is 0 Å². The van der Waals surface area contributed by atoms with E-state index in [1.807, 2.05) is 0 Å². The largest absolute Gasteiger partial charge is 0.324 e. The average molecular weight is 271 g/mol. The highest BCUT2D eigenvalue weighted by Gasteiger charge is 2.15. The number of nitrogens with two attached hydrogens (primary N) is 2. The molecule has 0 spiro atoms. The van der Waals surface area contributed by atoms with E-state index in [2.05, 4.69) is 5.32 Å². The topological polar surface area (TPSA) is 115 Å². The molecule has 0 aliphatic heterocycles. The minimum atomic E-state index is -3.80. The summed E-state index contributed by atoms with van der Waals surface area (Å²) in [6, 6.07) is 2.12. The van der Waals surface area contributed by atoms with Gasteiger partial charge in [0.15, 0.2) is 0 Å². The predicted molar refractivity (Wildman–Crippen MR) is 69.6 cm³/mol. The summed E-state index contributed by atoms with van der Waals surface area (Å²) in [5, 5.41) is 7.65. The first-order valence-electron chi connectivity index (χ1n) is 5.33. The van der Waals surface area contributed by atoms with Crippen LogP contribution >= 0.6 is 0 Å². The van der Waals surface area contributed by atoms with E-state index < -0.39 is 16.1 Å². The molecule has 18 heavy (non-hydrogen) atoms. The highest BCUT2D eigenvalue weighted by Crippen LogP contribution is 2.23. The summed E-state index contributed by atoms with van der Waals surface area (Å²) >= 11 is 0. The summed E-state index contributed by atoms with van der Waals surface area (Å²) < 4.78 is 22.6. The van der Waals surface area contributed by atoms with Gasteiger partial charge in [0.2, 0.25) is 15.9 Å². The Morgan fingerprint density at radius 2 is 1.89 bits per heavy atom. The molecule has 6 nitrogen and oxygen atoms in total. The zero-order chi connectivity index (χ0) is 14.1. The first-order chi connectivity index (χ1) is 8.12. The summed E-state index contributed by atoms with van der Waals surface area (Å²) in [6.07, 6.45) is 0. The molecule has 0 saturated heterocycles. The van der Waals surface area contributed by atoms with Crippen LogP contribution in [0, 0.1) is 13.8 Å². The number of benzene rings is 1. The van der Waals surface area contributed by atoms with Gasteiger partial charge in [-0.15, -0.1) is 0 Å². The van der Waals surface area contributed by atoms with Crippen LogP contribution in [0.2, 0.25) is 0 Å². The molecule has 0 aliphatic carbocycles. The average Bonchev–Trinajstić information content (AvgIpc) is 2.22. The Balaban J connectivity index is 3.28. The SMILES string of the molecule is Cc1cc(S(N)(=O)=O)cc(NC(=O)[C@@H](C)N)c1C. The van der Waals surface area contributed by atoms with Crippen LogP contribution in [0.15, 0.2) is 17.0 Å². The summed E-state index contributed by atoms with van der Waals surface area (Å²) in [7, 11) is -3.80. The Labute approximate surface area is 106 Å². The fourth-order valence-electron chi connectivity index (χ4n) is 1.37. The van der Waals surface area contributed by atoms with Crippen molar-refractivity contribution in [1.82, 2.24) is 0 Å². The van der Waals surface area contributed by atoms with Gasteiger partial charge in [-0.05, 0) is 44.0 Å². The van der Waals surface area contributed by atoms with Crippen molar-refractivity contribution in [3.05, 3.63) is 23.3 Å². The van der Waals surface area contributed by atoms with Gasteiger partial charge in [-0.25, -0.2) is 13.6 Å². The quantitative estimate of drug-likeness (QED) is 0.730. The second-order valence-corrected chi connectivity index (χ2v) is 5.80. The summed E-state index contributed by atoms with van der Waals surface area (Å²) in [5.74, 6) is -0.385. The number of rotatable bonds is 3. The minimum absolute atomic E-state index is 0.0365. The number of hydrogen-bond donors (Lipinski definition) is 3. The molecular formula is C11H17N3O3S. The van der Waals surface area contributed by atoms with Crippen LogP contribution in [-0.4, -0.2) is 20.4 Å². The van der Waals surface area contributed by atoms with Gasteiger partial charge in [0.25, 0.3) is 0 Å². The van der Waals surface area contributed by atoms with Crippen molar-refractivity contribution < 1.29 is 13.2 Å². The standard InChI is InChI=1S/C11H17N3O3S/c1-6-4-9(18(13,16)17)5-10(7(6)2)14-11(15)8(3)12/h4-5,8H,12H2,1-3H3,(H,14,15)(H2,13,16,17)/t8-/m1/s1. The number of primary sulfonamides is 1. The van der Waals surface area contributed by atoms with E-state index >= 15 is 0 Å². The molecule has 1 atom stereocenters. The number of nitrogens with one attached hydrogen (secondary N) is 1. The maximum atomic E-state index is 11.5. The predicted octanol–water partition coefficient (Wildman–Crippen LogP) is 0.237. The van der Waals surface area contributed by atoms with Crippen LogP contribution in [0.1, 0.15) is 18.1 Å². The lowest BCUT2D eigenvalue weighted by molar-refractivity contribution is -0.117. The molecule has 1 rings (SSSR count). The van der Waals surface area contributed by atoms with Gasteiger partial charge in [-0.3, -0.25) is 4.79 Å². The van der Waals surface area contributed by atoms with Crippen molar-refractivity contribution in [3.8, 4) is 0 Å². The maximum Gasteiger partial charge on any atom is 0.241 e. The second-order valence-electron chi connectivity index (χ2n) is 4.24. The normalized spacial score (nSPS) is 13.2. The van der Waals surface area contributed by atoms with E-state index in [4.69, 9.17) is 10.9 Å². The zero-order valence-corrected chi connectivity index (χ0v) is 11.3. The van der Waals surface area contributed by atoms with Gasteiger partial charge in [0.05, 0.1) is 10.9 Å². The molecule has 5 N–H and O–H groups in total. The third kappa shape index (κ3) is 3.28. The van der Waals surface area contributed by atoms with E-state index in [0.29, 0.717) is 5.69 Å². The lowest BCUT2D eigenvalue weighted by Crippen LogP contribution is -2.32. The second kappa shape index (κ2) is 5.05. The molecule has 7 heteroatoms. The molecule has 1 amide bonds. The summed E-state index contributed by atoms with van der Waals surface area (Å²) in [5.41, 5.74) is 7.34. The number of carbonyl (C=O) groups excluding carboxylic acids is 1. The Bertz CT molecular complexity index is 579. The Hall–Kier alpha value is -1.44. The lowest BCUT2D eigenvalue weighted by Gasteiger charge is -2.13. The first-order valence-corrected chi connectivity index (χ1v) is 6.88. The monoisotopic (exact) mass is 271 g/mol. The van der Waals surface area contributed by atoms with Crippen molar-refractivity contribution in [2.75, 3.05) is 5.32 Å². The number of amides is 1. The Morgan fingerprint density at radius 1 is 1.33 bits per heavy atom. The number of anilines is 1. The van der Waals surface area contributed by atoms with Crippen molar-refractivity contribution in [2.45, 2.75) is 31.7 Å². The molecule has 0 aromatic heterocycles. The van der Waals surface area contributed by atoms with Gasteiger partial charge >= 0.3 is 0 Å². The molecule has 0 aliphatic rings. The fraction of sp³-hybridized carbons (Fsp3) is 0.364. The van der Waals surface area contributed by atoms with Crippen LogP contribution in [-0.2, 0) is 14.8 Å². The highest BCUT2D eigenvalue weighted by molar-refractivity contribution is 7.89. The molecule has 0 bridgehead atoms. The van der Waals surface area contributed by atoms with Crippen molar-refractivity contribution >= 4 is 21.6 Å². The minimum Gasteiger partial charge on any atom is -0.324 e. The Kier molecular flexibility index (Phi) is 4.10. The number of carbonyl (C=O) groups is 1. The zero-order valence-electron chi connectivity index (χ0n) is 10.5. The summed E-state index contributed by atoms with van der Waals surface area (Å²) in [6.45, 7) is 5.06. The van der Waals surface area contributed by atoms with Gasteiger partial charge in [-0.2, -0.15) is 0 Å². The molecule has 0 radical (unpaired) electrons. The first kappa shape index (κ1) is 14.6. The maximum absolute atomic E-state index is 11.5. The van der Waals surface area contributed by atoms with Gasteiger partial charge in [0, 0.05) is 5.69 Å². The number of hydrogen-bond acceptors (Lipinski definition) is 4. The molecule has 0 unspecified atom stereocenters. The molecule has 1 aromatic carbocycles. The molecule has 0 fully saturated rings. The lowest BCUT2D eigenvalue weighted by atomic mass is 10.1. The van der Waals surface area contributed by atoms with E-state index in [1.165, 1.54) is 12.1 Å². The molecule has 1 aromatic rings. The van der Waals surface area contributed by atoms with Crippen LogP contribution in [0.25, 0.3) is 0 Å². The number of sulfonamides is 1. The highest BCUT2D eigenvalue weighted by atomic mass is 32.2. The number of aryl methyl sites for hydroxylation is 1. The van der Waals surface area contributed by atoms with Crippen LogP contribution < -0.4 is 16.2 Å². The van der Waals surface area contributed by atoms with Crippen LogP contribution in [0.4, 0.5) is 5.69 Å². The fourth-order valence-corrected chi connectivity index (χ4v) is 1.99. The molecular weight excluding hydrogens is 254 g/mol. The van der Waals surface area contributed by atoms with E-state index in [1.54, 1.807) is 20.8 Å². The van der Waals surface area contributed by atoms with Crippen LogP contribution in [0.3, 0.4) is 0 Å². The van der Waals surface area contributed by atoms with Crippen molar-refractivity contribution in [2.24, 2.45) is 10.9 Å². The molecule has 0 saturated carbocycles. The molecule has 100 valence electrons. The van der Waals surface area contributed by atoms with E-state index in [9.17, 15) is 13.2 Å². The smallest absolute Gasteiger partial charge is 0.241 e.